The van der Waals surface area contributed by atoms with Crippen LogP contribution < -0.4 is 5.32 Å². The highest BCUT2D eigenvalue weighted by Crippen LogP contribution is 2.42. The molecule has 0 saturated carbocycles. The lowest BCUT2D eigenvalue weighted by Gasteiger charge is -2.24. The van der Waals surface area contributed by atoms with E-state index in [-0.39, 0.29) is 6.17 Å². The zero-order valence-corrected chi connectivity index (χ0v) is 31.7. The van der Waals surface area contributed by atoms with Crippen molar-refractivity contribution in [1.82, 2.24) is 5.32 Å². The van der Waals surface area contributed by atoms with E-state index in [1.807, 2.05) is 24.3 Å². The Morgan fingerprint density at radius 2 is 0.845 bits per heavy atom. The first-order valence-corrected chi connectivity index (χ1v) is 19.9. The fourth-order valence-electron chi connectivity index (χ4n) is 8.66. The van der Waals surface area contributed by atoms with Crippen LogP contribution in [0.3, 0.4) is 0 Å². The molecule has 11 rings (SSSR count). The minimum Gasteiger partial charge on any atom is -0.344 e. The number of nitrogens with one attached hydrogen (secondary N) is 1. The number of hydrogen-bond acceptors (Lipinski definition) is 3. The third-order valence-electron chi connectivity index (χ3n) is 11.5. The van der Waals surface area contributed by atoms with Gasteiger partial charge in [0.15, 0.2) is 5.84 Å². The van der Waals surface area contributed by atoms with Crippen molar-refractivity contribution in [3.63, 3.8) is 0 Å². The Hall–Kier alpha value is -7.62. The highest BCUT2D eigenvalue weighted by molar-refractivity contribution is 6.26. The Balaban J connectivity index is 1.02. The molecule has 1 aliphatic heterocycles. The molecule has 0 aromatic heterocycles. The highest BCUT2D eigenvalue weighted by Gasteiger charge is 2.22. The van der Waals surface area contributed by atoms with Gasteiger partial charge in [-0.1, -0.05) is 206 Å². The van der Waals surface area contributed by atoms with Crippen molar-refractivity contribution >= 4 is 54.8 Å². The number of fused-ring (bicyclic) bond motifs is 7. The summed E-state index contributed by atoms with van der Waals surface area (Å²) in [5, 5.41) is 13.7. The van der Waals surface area contributed by atoms with Gasteiger partial charge in [-0.05, 0) is 88.1 Å². The Kier molecular flexibility index (Phi) is 8.22. The maximum Gasteiger partial charge on any atom is 0.159 e. The number of hydrogen-bond donors (Lipinski definition) is 1. The molecule has 1 unspecified atom stereocenters. The van der Waals surface area contributed by atoms with Crippen LogP contribution in [0.15, 0.2) is 222 Å². The third-order valence-corrected chi connectivity index (χ3v) is 11.5. The minimum absolute atomic E-state index is 0.294. The van der Waals surface area contributed by atoms with Crippen molar-refractivity contribution in [3.8, 4) is 33.4 Å². The summed E-state index contributed by atoms with van der Waals surface area (Å²) in [7, 11) is 0. The highest BCUT2D eigenvalue weighted by atomic mass is 15.2. The molecule has 0 saturated heterocycles. The summed E-state index contributed by atoms with van der Waals surface area (Å²) >= 11 is 0. The summed E-state index contributed by atoms with van der Waals surface area (Å²) in [4.78, 5) is 10.3. The number of aliphatic imine (C=N–C) groups is 2. The molecule has 0 bridgehead atoms. The van der Waals surface area contributed by atoms with Crippen molar-refractivity contribution in [2.75, 3.05) is 0 Å². The average molecular weight is 740 g/mol. The second-order valence-electron chi connectivity index (χ2n) is 15.0. The Labute approximate surface area is 337 Å². The number of benzene rings is 10. The maximum absolute atomic E-state index is 5.21. The lowest BCUT2D eigenvalue weighted by molar-refractivity contribution is 0.674. The zero-order valence-electron chi connectivity index (χ0n) is 31.7. The predicted octanol–water partition coefficient (Wildman–Crippen LogP) is 13.8. The molecule has 0 fully saturated rings. The fourth-order valence-corrected chi connectivity index (χ4v) is 8.66. The summed E-state index contributed by atoms with van der Waals surface area (Å²) in [5.41, 5.74) is 10.2. The maximum atomic E-state index is 5.21. The van der Waals surface area contributed by atoms with E-state index in [9.17, 15) is 0 Å². The molecule has 3 heteroatoms. The molecule has 0 radical (unpaired) electrons. The van der Waals surface area contributed by atoms with Crippen molar-refractivity contribution in [1.29, 1.82) is 0 Å². The van der Waals surface area contributed by atoms with Crippen molar-refractivity contribution in [3.05, 3.63) is 229 Å². The van der Waals surface area contributed by atoms with Crippen LogP contribution in [0, 0.1) is 0 Å². The third kappa shape index (κ3) is 5.93. The monoisotopic (exact) mass is 739 g/mol. The second-order valence-corrected chi connectivity index (χ2v) is 15.0. The second kappa shape index (κ2) is 14.1. The predicted molar refractivity (Wildman–Crippen MR) is 245 cm³/mol. The summed E-state index contributed by atoms with van der Waals surface area (Å²) in [5.74, 6) is 1.51. The van der Waals surface area contributed by atoms with E-state index in [1.165, 1.54) is 70.9 Å². The van der Waals surface area contributed by atoms with E-state index in [0.717, 1.165) is 28.1 Å². The molecule has 1 aliphatic rings. The van der Waals surface area contributed by atoms with E-state index in [0.29, 0.717) is 5.84 Å². The molecule has 10 aromatic carbocycles. The van der Waals surface area contributed by atoms with Crippen LogP contribution in [-0.4, -0.2) is 11.7 Å². The van der Waals surface area contributed by atoms with E-state index in [2.05, 4.69) is 193 Å². The van der Waals surface area contributed by atoms with Crippen molar-refractivity contribution in [2.45, 2.75) is 6.17 Å². The van der Waals surface area contributed by atoms with Gasteiger partial charge in [0.25, 0.3) is 0 Å². The van der Waals surface area contributed by atoms with E-state index < -0.39 is 0 Å². The zero-order chi connectivity index (χ0) is 38.4. The van der Waals surface area contributed by atoms with Crippen LogP contribution in [-0.2, 0) is 0 Å². The molecule has 272 valence electrons. The standard InChI is InChI=1S/C55H37N3/c1-3-13-36(14-4-1)37-23-27-41(28-24-37)54-56-53(40-16-5-2-6-17-40)57-55(58-54)42-29-25-39(26-30-42)52-44-18-8-7-15-38(44)31-33-45(52)43-32-34-50-48-21-10-9-19-46(48)47-20-11-12-22-49(47)51(50)35-43/h1-35,54H,(H,56,57,58). The molecule has 58 heavy (non-hydrogen) atoms. The molecular weight excluding hydrogens is 703 g/mol. The smallest absolute Gasteiger partial charge is 0.159 e. The molecular formula is C55H37N3. The summed E-state index contributed by atoms with van der Waals surface area (Å²) in [6.07, 6.45) is -0.294. The first kappa shape index (κ1) is 33.7. The normalized spacial score (nSPS) is 14.0. The van der Waals surface area contributed by atoms with Gasteiger partial charge in [-0.25, -0.2) is 9.98 Å². The van der Waals surface area contributed by atoms with Gasteiger partial charge in [0.2, 0.25) is 0 Å². The Morgan fingerprint density at radius 3 is 1.52 bits per heavy atom. The van der Waals surface area contributed by atoms with Crippen LogP contribution >= 0.6 is 0 Å². The lowest BCUT2D eigenvalue weighted by Crippen LogP contribution is -2.33. The van der Waals surface area contributed by atoms with Gasteiger partial charge in [0, 0.05) is 11.1 Å². The Bertz CT molecular complexity index is 3180. The largest absolute Gasteiger partial charge is 0.344 e. The van der Waals surface area contributed by atoms with Crippen LogP contribution in [0.5, 0.6) is 0 Å². The van der Waals surface area contributed by atoms with Gasteiger partial charge in [0.1, 0.15) is 12.0 Å². The average Bonchev–Trinajstić information content (AvgIpc) is 3.31. The number of amidine groups is 2. The molecule has 1 N–H and O–H groups in total. The topological polar surface area (TPSA) is 36.8 Å². The lowest BCUT2D eigenvalue weighted by atomic mass is 9.87. The first-order chi connectivity index (χ1) is 28.7. The van der Waals surface area contributed by atoms with Gasteiger partial charge in [0.05, 0.1) is 0 Å². The number of rotatable bonds is 6. The Morgan fingerprint density at radius 1 is 0.345 bits per heavy atom. The summed E-state index contributed by atoms with van der Waals surface area (Å²) in [6.45, 7) is 0. The molecule has 10 aromatic rings. The molecule has 0 aliphatic carbocycles. The molecule has 3 nitrogen and oxygen atoms in total. The van der Waals surface area contributed by atoms with Crippen LogP contribution in [0.1, 0.15) is 22.9 Å². The molecule has 1 atom stereocenters. The van der Waals surface area contributed by atoms with Gasteiger partial charge in [-0.3, -0.25) is 0 Å². The van der Waals surface area contributed by atoms with E-state index in [1.54, 1.807) is 0 Å². The van der Waals surface area contributed by atoms with Gasteiger partial charge in [-0.2, -0.15) is 0 Å². The summed E-state index contributed by atoms with van der Waals surface area (Å²) < 4.78 is 0. The van der Waals surface area contributed by atoms with Crippen molar-refractivity contribution < 1.29 is 0 Å². The molecule has 0 spiro atoms. The molecule has 1 heterocycles. The van der Waals surface area contributed by atoms with Crippen LogP contribution in [0.4, 0.5) is 0 Å². The summed E-state index contributed by atoms with van der Waals surface area (Å²) in [6, 6.07) is 76.1. The SMILES string of the molecule is c1ccc(C2=NC(c3ccc(-c4c(-c5ccc6c7ccccc7c7ccccc7c6c5)ccc5ccccc45)cc3)=NC(c3ccc(-c4ccccc4)cc3)N2)cc1. The van der Waals surface area contributed by atoms with Crippen molar-refractivity contribution in [2.24, 2.45) is 9.98 Å². The fraction of sp³-hybridized carbons (Fsp3) is 0.0182. The quantitative estimate of drug-likeness (QED) is 0.169. The van der Waals surface area contributed by atoms with Crippen LogP contribution in [0.25, 0.3) is 76.5 Å². The first-order valence-electron chi connectivity index (χ1n) is 19.9. The van der Waals surface area contributed by atoms with Gasteiger partial charge in [-0.15, -0.1) is 0 Å². The van der Waals surface area contributed by atoms with Crippen LogP contribution in [0.2, 0.25) is 0 Å². The molecule has 0 amide bonds. The van der Waals surface area contributed by atoms with Gasteiger partial charge < -0.3 is 5.32 Å². The van der Waals surface area contributed by atoms with E-state index >= 15 is 0 Å². The number of nitrogens with zero attached hydrogens (tertiary/aromatic N) is 2. The van der Waals surface area contributed by atoms with E-state index in [4.69, 9.17) is 9.98 Å². The van der Waals surface area contributed by atoms with Gasteiger partial charge >= 0.3 is 0 Å². The minimum atomic E-state index is -0.294.